The van der Waals surface area contributed by atoms with Gasteiger partial charge in [-0.25, -0.2) is 0 Å². The smallest absolute Gasteiger partial charge is 0.0340 e. The van der Waals surface area contributed by atoms with Crippen molar-refractivity contribution >= 4 is 15.9 Å². The van der Waals surface area contributed by atoms with E-state index in [2.05, 4.69) is 64.4 Å². The Labute approximate surface area is 132 Å². The molecule has 0 spiro atoms. The van der Waals surface area contributed by atoms with Gasteiger partial charge in [0.2, 0.25) is 0 Å². The van der Waals surface area contributed by atoms with Gasteiger partial charge in [-0.2, -0.15) is 0 Å². The Kier molecular flexibility index (Phi) is 6.53. The number of nitrogens with zero attached hydrogens (tertiary/aromatic N) is 1. The van der Waals surface area contributed by atoms with Crippen molar-refractivity contribution in [2.75, 3.05) is 26.7 Å². The van der Waals surface area contributed by atoms with Crippen LogP contribution in [0.5, 0.6) is 0 Å². The van der Waals surface area contributed by atoms with Gasteiger partial charge in [0.1, 0.15) is 0 Å². The van der Waals surface area contributed by atoms with Crippen molar-refractivity contribution in [2.45, 2.75) is 38.6 Å². The quantitative estimate of drug-likeness (QED) is 0.864. The van der Waals surface area contributed by atoms with Crippen LogP contribution in [0.2, 0.25) is 0 Å². The number of nitrogens with one attached hydrogen (secondary N) is 1. The Hall–Kier alpha value is -0.380. The van der Waals surface area contributed by atoms with E-state index in [1.807, 2.05) is 0 Å². The van der Waals surface area contributed by atoms with Gasteiger partial charge in [-0.3, -0.25) is 0 Å². The highest BCUT2D eigenvalue weighted by atomic mass is 79.9. The molecule has 2 atom stereocenters. The van der Waals surface area contributed by atoms with E-state index < -0.39 is 0 Å². The molecule has 2 unspecified atom stereocenters. The van der Waals surface area contributed by atoms with Crippen molar-refractivity contribution in [1.29, 1.82) is 0 Å². The second-order valence-electron chi connectivity index (χ2n) is 6.03. The second-order valence-corrected chi connectivity index (χ2v) is 6.88. The van der Waals surface area contributed by atoms with Crippen LogP contribution in [0.25, 0.3) is 0 Å². The lowest BCUT2D eigenvalue weighted by Gasteiger charge is -2.24. The third kappa shape index (κ3) is 4.57. The molecule has 1 aliphatic rings. The highest BCUT2D eigenvalue weighted by Gasteiger charge is 2.17. The summed E-state index contributed by atoms with van der Waals surface area (Å²) in [6, 6.07) is 8.99. The molecule has 1 N–H and O–H groups in total. The Morgan fingerprint density at radius 1 is 1.30 bits per heavy atom. The molecule has 0 aliphatic carbocycles. The van der Waals surface area contributed by atoms with Gasteiger partial charge in [0, 0.05) is 10.5 Å². The molecule has 0 amide bonds. The number of hydrogen-bond donors (Lipinski definition) is 1. The maximum Gasteiger partial charge on any atom is 0.0340 e. The molecule has 0 radical (unpaired) electrons. The van der Waals surface area contributed by atoms with Crippen molar-refractivity contribution in [3.05, 3.63) is 34.3 Å². The first-order valence-corrected chi connectivity index (χ1v) is 8.64. The largest absolute Gasteiger partial charge is 0.313 e. The molecule has 1 heterocycles. The summed E-state index contributed by atoms with van der Waals surface area (Å²) in [5.74, 6) is 0.906. The normalized spacial score (nSPS) is 22.4. The van der Waals surface area contributed by atoms with E-state index in [9.17, 15) is 0 Å². The van der Waals surface area contributed by atoms with Crippen LogP contribution in [-0.4, -0.2) is 31.6 Å². The Balaban J connectivity index is 1.89. The molecule has 0 saturated carbocycles. The van der Waals surface area contributed by atoms with Crippen molar-refractivity contribution in [3.63, 3.8) is 0 Å². The lowest BCUT2D eigenvalue weighted by molar-refractivity contribution is 0.265. The molecule has 0 bridgehead atoms. The van der Waals surface area contributed by atoms with Gasteiger partial charge >= 0.3 is 0 Å². The first-order valence-electron chi connectivity index (χ1n) is 7.84. The molecule has 0 aromatic heterocycles. The summed E-state index contributed by atoms with van der Waals surface area (Å²) in [7, 11) is 2.06. The van der Waals surface area contributed by atoms with Crippen molar-refractivity contribution in [2.24, 2.45) is 5.92 Å². The monoisotopic (exact) mass is 338 g/mol. The number of benzene rings is 1. The van der Waals surface area contributed by atoms with E-state index in [0.29, 0.717) is 6.04 Å². The number of likely N-dealkylation sites (tertiary alicyclic amines) is 1. The first kappa shape index (κ1) is 16.0. The highest BCUT2D eigenvalue weighted by Crippen LogP contribution is 2.26. The Morgan fingerprint density at radius 3 is 2.85 bits per heavy atom. The predicted molar refractivity (Wildman–Crippen MR) is 90.0 cm³/mol. The fourth-order valence-corrected chi connectivity index (χ4v) is 3.63. The van der Waals surface area contributed by atoms with Gasteiger partial charge in [0.25, 0.3) is 0 Å². The van der Waals surface area contributed by atoms with Crippen LogP contribution in [0.15, 0.2) is 28.7 Å². The van der Waals surface area contributed by atoms with Gasteiger partial charge in [0.15, 0.2) is 0 Å². The molecule has 1 aliphatic heterocycles. The van der Waals surface area contributed by atoms with Crippen LogP contribution in [0, 0.1) is 5.92 Å². The minimum Gasteiger partial charge on any atom is -0.313 e. The van der Waals surface area contributed by atoms with Gasteiger partial charge in [-0.05, 0) is 69.9 Å². The summed E-state index contributed by atoms with van der Waals surface area (Å²) in [6.07, 6.45) is 5.29. The number of halogens is 1. The topological polar surface area (TPSA) is 15.3 Å². The zero-order valence-electron chi connectivity index (χ0n) is 12.7. The highest BCUT2D eigenvalue weighted by molar-refractivity contribution is 9.10. The average molecular weight is 339 g/mol. The maximum absolute atomic E-state index is 3.67. The van der Waals surface area contributed by atoms with E-state index in [1.165, 1.54) is 55.4 Å². The van der Waals surface area contributed by atoms with E-state index in [0.717, 1.165) is 5.92 Å². The third-order valence-corrected chi connectivity index (χ3v) is 5.19. The fourth-order valence-electron chi connectivity index (χ4n) is 3.07. The predicted octanol–water partition coefficient (Wildman–Crippen LogP) is 4.22. The van der Waals surface area contributed by atoms with Crippen molar-refractivity contribution in [1.82, 2.24) is 10.2 Å². The molecular formula is C17H27BrN2. The standard InChI is InChI=1S/C17H27BrN2/c1-14-6-5-11-20(12-9-14)13-10-17(19-2)15-7-3-4-8-16(15)18/h3-4,7-8,14,17,19H,5-6,9-13H2,1-2H3. The van der Waals surface area contributed by atoms with Gasteiger partial charge in [-0.15, -0.1) is 0 Å². The van der Waals surface area contributed by atoms with Crippen LogP contribution < -0.4 is 5.32 Å². The van der Waals surface area contributed by atoms with Gasteiger partial charge in [0.05, 0.1) is 0 Å². The molecular weight excluding hydrogens is 312 g/mol. The molecule has 1 aromatic carbocycles. The number of rotatable bonds is 5. The van der Waals surface area contributed by atoms with Crippen LogP contribution in [0.3, 0.4) is 0 Å². The SMILES string of the molecule is CNC(CCN1CCCC(C)CC1)c1ccccc1Br. The maximum atomic E-state index is 3.67. The first-order chi connectivity index (χ1) is 9.70. The molecule has 20 heavy (non-hydrogen) atoms. The van der Waals surface area contributed by atoms with Gasteiger partial charge < -0.3 is 10.2 Å². The van der Waals surface area contributed by atoms with Crippen molar-refractivity contribution < 1.29 is 0 Å². The summed E-state index contributed by atoms with van der Waals surface area (Å²) >= 11 is 3.67. The van der Waals surface area contributed by atoms with Crippen molar-refractivity contribution in [3.8, 4) is 0 Å². The van der Waals surface area contributed by atoms with E-state index >= 15 is 0 Å². The molecule has 2 rings (SSSR count). The minimum absolute atomic E-state index is 0.436. The Bertz CT molecular complexity index is 408. The minimum atomic E-state index is 0.436. The second kappa shape index (κ2) is 8.16. The lowest BCUT2D eigenvalue weighted by atomic mass is 10.0. The molecule has 1 aromatic rings. The zero-order chi connectivity index (χ0) is 14.4. The summed E-state index contributed by atoms with van der Waals surface area (Å²) < 4.78 is 1.21. The fraction of sp³-hybridized carbons (Fsp3) is 0.647. The molecule has 112 valence electrons. The molecule has 1 fully saturated rings. The third-order valence-electron chi connectivity index (χ3n) is 4.47. The van der Waals surface area contributed by atoms with E-state index in [-0.39, 0.29) is 0 Å². The van der Waals surface area contributed by atoms with Crippen LogP contribution in [0.1, 0.15) is 44.2 Å². The van der Waals surface area contributed by atoms with Crippen LogP contribution in [-0.2, 0) is 0 Å². The van der Waals surface area contributed by atoms with Gasteiger partial charge in [-0.1, -0.05) is 41.1 Å². The lowest BCUT2D eigenvalue weighted by Crippen LogP contribution is -2.29. The van der Waals surface area contributed by atoms with E-state index in [4.69, 9.17) is 0 Å². The summed E-state index contributed by atoms with van der Waals surface area (Å²) in [6.45, 7) is 6.13. The zero-order valence-corrected chi connectivity index (χ0v) is 14.3. The van der Waals surface area contributed by atoms with E-state index in [1.54, 1.807) is 0 Å². The summed E-state index contributed by atoms with van der Waals surface area (Å²) in [4.78, 5) is 2.64. The average Bonchev–Trinajstić information content (AvgIpc) is 2.66. The summed E-state index contributed by atoms with van der Waals surface area (Å²) in [5.41, 5.74) is 1.37. The van der Waals surface area contributed by atoms with Crippen LogP contribution >= 0.6 is 15.9 Å². The molecule has 3 heteroatoms. The van der Waals surface area contributed by atoms with Crippen LogP contribution in [0.4, 0.5) is 0 Å². The molecule has 2 nitrogen and oxygen atoms in total. The Morgan fingerprint density at radius 2 is 2.10 bits per heavy atom. The number of hydrogen-bond acceptors (Lipinski definition) is 2. The summed E-state index contributed by atoms with van der Waals surface area (Å²) in [5, 5.41) is 3.47. The molecule has 1 saturated heterocycles.